The molecule has 2 atom stereocenters. The van der Waals surface area contributed by atoms with Crippen LogP contribution in [-0.2, 0) is 4.79 Å². The van der Waals surface area contributed by atoms with Crippen molar-refractivity contribution in [1.82, 2.24) is 10.2 Å². The van der Waals surface area contributed by atoms with Crippen molar-refractivity contribution in [2.24, 2.45) is 5.92 Å². The molecule has 0 radical (unpaired) electrons. The molecule has 2 fully saturated rings. The predicted molar refractivity (Wildman–Crippen MR) is 89.2 cm³/mol. The zero-order valence-corrected chi connectivity index (χ0v) is 14.2. The molecule has 1 amide bonds. The first-order valence-electron chi connectivity index (χ1n) is 8.12. The fourth-order valence-corrected chi connectivity index (χ4v) is 3.48. The van der Waals surface area contributed by atoms with E-state index < -0.39 is 17.7 Å². The Hall–Kier alpha value is -1.24. The average molecular weight is 361 g/mol. The molecule has 2 heterocycles. The Bertz CT molecular complexity index is 556. The summed E-state index contributed by atoms with van der Waals surface area (Å²) in [6, 6.07) is 5.82. The lowest BCUT2D eigenvalue weighted by molar-refractivity contribution is -0.144. The number of hydrogen-bond acceptors (Lipinski definition) is 3. The number of carbonyl (C=O) groups excluding carboxylic acids is 1. The van der Waals surface area contributed by atoms with Crippen molar-refractivity contribution in [2.75, 3.05) is 26.2 Å². The molecular formula is C17H23ClF2N2O2. The summed E-state index contributed by atoms with van der Waals surface area (Å²) < 4.78 is 27.5. The zero-order valence-electron chi connectivity index (χ0n) is 13.4. The molecule has 2 N–H and O–H groups in total. The smallest absolute Gasteiger partial charge is 0.261 e. The zero-order chi connectivity index (χ0) is 16.4. The molecule has 2 saturated heterocycles. The highest BCUT2D eigenvalue weighted by molar-refractivity contribution is 5.86. The number of hydrogen-bond donors (Lipinski definition) is 2. The molecule has 3 rings (SSSR count). The Balaban J connectivity index is 0.00000208. The van der Waals surface area contributed by atoms with E-state index in [2.05, 4.69) is 5.32 Å². The van der Waals surface area contributed by atoms with Crippen LogP contribution in [-0.4, -0.2) is 47.8 Å². The minimum Gasteiger partial charge on any atom is -0.388 e. The van der Waals surface area contributed by atoms with Gasteiger partial charge in [0.15, 0.2) is 0 Å². The van der Waals surface area contributed by atoms with Crippen LogP contribution in [0.4, 0.5) is 8.78 Å². The second kappa shape index (κ2) is 7.76. The van der Waals surface area contributed by atoms with Crippen molar-refractivity contribution in [2.45, 2.75) is 31.0 Å². The van der Waals surface area contributed by atoms with Crippen molar-refractivity contribution >= 4 is 18.3 Å². The molecule has 1 aromatic rings. The summed E-state index contributed by atoms with van der Waals surface area (Å²) in [5, 5.41) is 13.3. The standard InChI is InChI=1S/C17H22F2N2O2.ClH/c18-14-3-1-12(2-4-14)15(22)13-5-9-21(10-6-13)16(23)17(19)7-8-20-11-17;/h1-4,13,15,20,22H,5-11H2;1H. The van der Waals surface area contributed by atoms with Crippen LogP contribution in [0.15, 0.2) is 24.3 Å². The summed E-state index contributed by atoms with van der Waals surface area (Å²) in [5.74, 6) is -0.765. The van der Waals surface area contributed by atoms with Crippen LogP contribution in [0.5, 0.6) is 0 Å². The van der Waals surface area contributed by atoms with E-state index in [4.69, 9.17) is 0 Å². The third-order valence-electron chi connectivity index (χ3n) is 4.97. The Morgan fingerprint density at radius 3 is 2.46 bits per heavy atom. The lowest BCUT2D eigenvalue weighted by atomic mass is 9.87. The van der Waals surface area contributed by atoms with Crippen LogP contribution < -0.4 is 5.32 Å². The highest BCUT2D eigenvalue weighted by Crippen LogP contribution is 2.32. The summed E-state index contributed by atoms with van der Waals surface area (Å²) in [5.41, 5.74) is -1.10. The van der Waals surface area contributed by atoms with Gasteiger partial charge in [-0.1, -0.05) is 12.1 Å². The number of benzene rings is 1. The number of rotatable bonds is 3. The molecule has 0 bridgehead atoms. The number of alkyl halides is 1. The lowest BCUT2D eigenvalue weighted by Gasteiger charge is -2.36. The fraction of sp³-hybridized carbons (Fsp3) is 0.588. The normalized spacial score (nSPS) is 26.0. The van der Waals surface area contributed by atoms with E-state index in [0.717, 1.165) is 0 Å². The molecule has 7 heteroatoms. The van der Waals surface area contributed by atoms with Gasteiger partial charge in [0.25, 0.3) is 5.91 Å². The quantitative estimate of drug-likeness (QED) is 0.869. The lowest BCUT2D eigenvalue weighted by Crippen LogP contribution is -2.50. The van der Waals surface area contributed by atoms with Crippen LogP contribution in [0.2, 0.25) is 0 Å². The number of aliphatic hydroxyl groups is 1. The van der Waals surface area contributed by atoms with Gasteiger partial charge in [-0.2, -0.15) is 0 Å². The summed E-state index contributed by atoms with van der Waals surface area (Å²) in [6.07, 6.45) is 0.784. The third kappa shape index (κ3) is 3.87. The second-order valence-corrected chi connectivity index (χ2v) is 6.52. The topological polar surface area (TPSA) is 52.6 Å². The SMILES string of the molecule is Cl.O=C(N1CCC(C(O)c2ccc(F)cc2)CC1)C1(F)CCNC1. The molecule has 2 aliphatic heterocycles. The van der Waals surface area contributed by atoms with E-state index in [-0.39, 0.29) is 37.1 Å². The van der Waals surface area contributed by atoms with Gasteiger partial charge in [0.05, 0.1) is 6.10 Å². The number of aliphatic hydroxyl groups excluding tert-OH is 1. The molecule has 2 aliphatic rings. The fourth-order valence-electron chi connectivity index (χ4n) is 3.48. The highest BCUT2D eigenvalue weighted by atomic mass is 35.5. The van der Waals surface area contributed by atoms with Crippen molar-refractivity contribution < 1.29 is 18.7 Å². The first kappa shape index (κ1) is 19.1. The summed E-state index contributed by atoms with van der Waals surface area (Å²) >= 11 is 0. The third-order valence-corrected chi connectivity index (χ3v) is 4.97. The first-order valence-corrected chi connectivity index (χ1v) is 8.12. The molecule has 0 aliphatic carbocycles. The maximum Gasteiger partial charge on any atom is 0.261 e. The van der Waals surface area contributed by atoms with E-state index in [0.29, 0.717) is 38.0 Å². The summed E-state index contributed by atoms with van der Waals surface area (Å²) in [4.78, 5) is 13.9. The minimum atomic E-state index is -1.78. The van der Waals surface area contributed by atoms with Gasteiger partial charge in [-0.25, -0.2) is 8.78 Å². The largest absolute Gasteiger partial charge is 0.388 e. The van der Waals surface area contributed by atoms with Gasteiger partial charge in [-0.3, -0.25) is 4.79 Å². The number of nitrogens with zero attached hydrogens (tertiary/aromatic N) is 1. The molecule has 0 saturated carbocycles. The van der Waals surface area contributed by atoms with Gasteiger partial charge in [0.1, 0.15) is 5.82 Å². The molecule has 1 aromatic carbocycles. The van der Waals surface area contributed by atoms with Crippen LogP contribution in [0.1, 0.15) is 30.9 Å². The van der Waals surface area contributed by atoms with Crippen molar-refractivity contribution in [3.8, 4) is 0 Å². The van der Waals surface area contributed by atoms with E-state index in [1.54, 1.807) is 17.0 Å². The van der Waals surface area contributed by atoms with Gasteiger partial charge >= 0.3 is 0 Å². The molecule has 0 aromatic heterocycles. The van der Waals surface area contributed by atoms with Crippen LogP contribution in [0.3, 0.4) is 0 Å². The number of halogens is 3. The van der Waals surface area contributed by atoms with Gasteiger partial charge in [0, 0.05) is 26.1 Å². The molecular weight excluding hydrogens is 338 g/mol. The number of piperidine rings is 1. The van der Waals surface area contributed by atoms with Crippen molar-refractivity contribution in [1.29, 1.82) is 0 Å². The predicted octanol–water partition coefficient (Wildman–Crippen LogP) is 2.22. The molecule has 0 spiro atoms. The number of likely N-dealkylation sites (tertiary alicyclic amines) is 1. The summed E-state index contributed by atoms with van der Waals surface area (Å²) in [7, 11) is 0. The molecule has 4 nitrogen and oxygen atoms in total. The number of nitrogens with one attached hydrogen (secondary N) is 1. The monoisotopic (exact) mass is 360 g/mol. The number of carbonyl (C=O) groups is 1. The van der Waals surface area contributed by atoms with Crippen molar-refractivity contribution in [3.63, 3.8) is 0 Å². The second-order valence-electron chi connectivity index (χ2n) is 6.52. The molecule has 24 heavy (non-hydrogen) atoms. The average Bonchev–Trinajstić information content (AvgIpc) is 3.02. The summed E-state index contributed by atoms with van der Waals surface area (Å²) in [6.45, 7) is 1.52. The maximum atomic E-state index is 14.5. The van der Waals surface area contributed by atoms with E-state index >= 15 is 0 Å². The highest BCUT2D eigenvalue weighted by Gasteiger charge is 2.45. The van der Waals surface area contributed by atoms with Gasteiger partial charge in [0.2, 0.25) is 5.67 Å². The van der Waals surface area contributed by atoms with Gasteiger partial charge in [-0.15, -0.1) is 12.4 Å². The number of amides is 1. The van der Waals surface area contributed by atoms with Gasteiger partial charge < -0.3 is 15.3 Å². The van der Waals surface area contributed by atoms with Crippen LogP contribution >= 0.6 is 12.4 Å². The Morgan fingerprint density at radius 2 is 1.92 bits per heavy atom. The Morgan fingerprint density at radius 1 is 1.29 bits per heavy atom. The maximum absolute atomic E-state index is 14.5. The minimum absolute atomic E-state index is 0. The van der Waals surface area contributed by atoms with E-state index in [9.17, 15) is 18.7 Å². The van der Waals surface area contributed by atoms with Crippen LogP contribution in [0.25, 0.3) is 0 Å². The first-order chi connectivity index (χ1) is 11.0. The van der Waals surface area contributed by atoms with Crippen LogP contribution in [0, 0.1) is 11.7 Å². The molecule has 134 valence electrons. The van der Waals surface area contributed by atoms with E-state index in [1.807, 2.05) is 0 Å². The van der Waals surface area contributed by atoms with Gasteiger partial charge in [-0.05, 0) is 43.0 Å². The van der Waals surface area contributed by atoms with Crippen molar-refractivity contribution in [3.05, 3.63) is 35.6 Å². The molecule has 2 unspecified atom stereocenters. The Kier molecular flexibility index (Phi) is 6.17. The van der Waals surface area contributed by atoms with E-state index in [1.165, 1.54) is 12.1 Å². The Labute approximate surface area is 146 Å².